The van der Waals surface area contributed by atoms with Crippen molar-refractivity contribution in [1.29, 1.82) is 0 Å². The summed E-state index contributed by atoms with van der Waals surface area (Å²) in [6.07, 6.45) is 2.53. The van der Waals surface area contributed by atoms with Gasteiger partial charge in [-0.05, 0) is 35.8 Å². The lowest BCUT2D eigenvalue weighted by Crippen LogP contribution is -2.45. The highest BCUT2D eigenvalue weighted by molar-refractivity contribution is 8.26. The largest absolute Gasteiger partial charge is 0.490 e. The molecular formula is C21H19N3O3S2. The molecule has 0 saturated carbocycles. The van der Waals surface area contributed by atoms with Gasteiger partial charge in [-0.2, -0.15) is 0 Å². The maximum atomic E-state index is 12.8. The molecule has 0 atom stereocenters. The Balaban J connectivity index is 1.48. The van der Waals surface area contributed by atoms with Crippen molar-refractivity contribution in [3.63, 3.8) is 0 Å². The van der Waals surface area contributed by atoms with Crippen LogP contribution in [-0.4, -0.2) is 36.0 Å². The molecule has 1 saturated heterocycles. The molecule has 2 aromatic carbocycles. The molecule has 2 aromatic rings. The van der Waals surface area contributed by atoms with Crippen molar-refractivity contribution < 1.29 is 14.3 Å². The van der Waals surface area contributed by atoms with Gasteiger partial charge in [0.05, 0.1) is 17.1 Å². The third-order valence-electron chi connectivity index (χ3n) is 4.56. The first kappa shape index (κ1) is 19.5. The van der Waals surface area contributed by atoms with Crippen LogP contribution >= 0.6 is 24.0 Å². The van der Waals surface area contributed by atoms with Crippen molar-refractivity contribution >= 4 is 52.0 Å². The number of fused-ring (bicyclic) bond motifs is 1. The SMILES string of the molecule is O=C1NC(=S)S/C1=C/c1ccc2c(c1)N(C(=O)NCCc1ccccc1)CCO2. The number of benzene rings is 2. The Labute approximate surface area is 178 Å². The molecule has 2 heterocycles. The Morgan fingerprint density at radius 1 is 1.28 bits per heavy atom. The summed E-state index contributed by atoms with van der Waals surface area (Å²) >= 11 is 6.25. The summed E-state index contributed by atoms with van der Waals surface area (Å²) in [6, 6.07) is 15.4. The van der Waals surface area contributed by atoms with E-state index in [1.54, 1.807) is 11.0 Å². The van der Waals surface area contributed by atoms with Crippen LogP contribution in [-0.2, 0) is 11.2 Å². The lowest BCUT2D eigenvalue weighted by molar-refractivity contribution is -0.115. The molecule has 3 amide bonds. The first-order valence-electron chi connectivity index (χ1n) is 9.21. The summed E-state index contributed by atoms with van der Waals surface area (Å²) in [7, 11) is 0. The molecule has 2 aliphatic heterocycles. The van der Waals surface area contributed by atoms with Gasteiger partial charge in [-0.3, -0.25) is 9.69 Å². The molecule has 4 rings (SSSR count). The molecule has 2 aliphatic rings. The lowest BCUT2D eigenvalue weighted by Gasteiger charge is -2.30. The number of thiocarbonyl (C=S) groups is 1. The predicted octanol–water partition coefficient (Wildman–Crippen LogP) is 3.33. The van der Waals surface area contributed by atoms with E-state index in [2.05, 4.69) is 10.6 Å². The summed E-state index contributed by atoms with van der Waals surface area (Å²) in [4.78, 5) is 26.9. The van der Waals surface area contributed by atoms with Gasteiger partial charge < -0.3 is 15.4 Å². The summed E-state index contributed by atoms with van der Waals surface area (Å²) in [6.45, 7) is 1.45. The van der Waals surface area contributed by atoms with Gasteiger partial charge in [-0.15, -0.1) is 0 Å². The quantitative estimate of drug-likeness (QED) is 0.581. The highest BCUT2D eigenvalue weighted by atomic mass is 32.2. The topological polar surface area (TPSA) is 70.7 Å². The molecule has 1 fully saturated rings. The molecule has 0 unspecified atom stereocenters. The molecule has 29 heavy (non-hydrogen) atoms. The van der Waals surface area contributed by atoms with Crippen molar-refractivity contribution in [2.75, 3.05) is 24.6 Å². The van der Waals surface area contributed by atoms with Gasteiger partial charge in [-0.25, -0.2) is 4.79 Å². The van der Waals surface area contributed by atoms with Gasteiger partial charge in [0, 0.05) is 6.54 Å². The molecule has 6 nitrogen and oxygen atoms in total. The number of carbonyl (C=O) groups is 2. The molecular weight excluding hydrogens is 406 g/mol. The average Bonchev–Trinajstić information content (AvgIpc) is 3.05. The van der Waals surface area contributed by atoms with E-state index in [1.807, 2.05) is 48.5 Å². The number of carbonyl (C=O) groups excluding carboxylic acids is 2. The molecule has 2 N–H and O–H groups in total. The van der Waals surface area contributed by atoms with Crippen molar-refractivity contribution in [3.05, 3.63) is 64.6 Å². The van der Waals surface area contributed by atoms with Crippen LogP contribution in [0.2, 0.25) is 0 Å². The minimum absolute atomic E-state index is 0.163. The van der Waals surface area contributed by atoms with Crippen molar-refractivity contribution in [1.82, 2.24) is 10.6 Å². The minimum atomic E-state index is -0.204. The minimum Gasteiger partial charge on any atom is -0.490 e. The van der Waals surface area contributed by atoms with E-state index < -0.39 is 0 Å². The fourth-order valence-electron chi connectivity index (χ4n) is 3.16. The number of rotatable bonds is 4. The Morgan fingerprint density at radius 3 is 2.86 bits per heavy atom. The molecule has 8 heteroatoms. The van der Waals surface area contributed by atoms with Gasteiger partial charge in [0.25, 0.3) is 5.91 Å². The van der Waals surface area contributed by atoms with Crippen LogP contribution in [0.1, 0.15) is 11.1 Å². The number of hydrogen-bond donors (Lipinski definition) is 2. The average molecular weight is 426 g/mol. The number of amides is 3. The van der Waals surface area contributed by atoms with Gasteiger partial charge in [0.2, 0.25) is 0 Å². The van der Waals surface area contributed by atoms with E-state index in [0.29, 0.717) is 40.4 Å². The maximum Gasteiger partial charge on any atom is 0.322 e. The number of thioether (sulfide) groups is 1. The predicted molar refractivity (Wildman–Crippen MR) is 119 cm³/mol. The second-order valence-electron chi connectivity index (χ2n) is 6.55. The Morgan fingerprint density at radius 2 is 2.10 bits per heavy atom. The monoisotopic (exact) mass is 425 g/mol. The highest BCUT2D eigenvalue weighted by Gasteiger charge is 2.25. The standard InChI is InChI=1S/C21H19N3O3S2/c25-19-18(29-21(28)23-19)13-15-6-7-17-16(12-15)24(10-11-27-17)20(26)22-9-8-14-4-2-1-3-5-14/h1-7,12-13H,8-11H2,(H,22,26)(H,23,25,28)/b18-13+. The second kappa shape index (κ2) is 8.67. The van der Waals surface area contributed by atoms with Crippen LogP contribution < -0.4 is 20.3 Å². The van der Waals surface area contributed by atoms with E-state index >= 15 is 0 Å². The number of nitrogens with zero attached hydrogens (tertiary/aromatic N) is 1. The smallest absolute Gasteiger partial charge is 0.322 e. The zero-order valence-electron chi connectivity index (χ0n) is 15.5. The van der Waals surface area contributed by atoms with Gasteiger partial charge in [0.15, 0.2) is 0 Å². The molecule has 148 valence electrons. The molecule has 0 bridgehead atoms. The fourth-order valence-corrected chi connectivity index (χ4v) is 4.21. The van der Waals surface area contributed by atoms with Crippen LogP contribution in [0.15, 0.2) is 53.4 Å². The van der Waals surface area contributed by atoms with Crippen LogP contribution in [0.4, 0.5) is 10.5 Å². The molecule has 0 aromatic heterocycles. The molecule has 0 aliphatic carbocycles. The zero-order valence-corrected chi connectivity index (χ0v) is 17.1. The third kappa shape index (κ3) is 4.60. The van der Waals surface area contributed by atoms with E-state index in [9.17, 15) is 9.59 Å². The highest BCUT2D eigenvalue weighted by Crippen LogP contribution is 2.34. The van der Waals surface area contributed by atoms with Crippen LogP contribution in [0.25, 0.3) is 6.08 Å². The third-order valence-corrected chi connectivity index (χ3v) is 5.73. The van der Waals surface area contributed by atoms with Gasteiger partial charge in [-0.1, -0.05) is 60.4 Å². The number of anilines is 1. The molecule has 0 radical (unpaired) electrons. The fraction of sp³-hybridized carbons (Fsp3) is 0.190. The van der Waals surface area contributed by atoms with E-state index in [-0.39, 0.29) is 11.9 Å². The number of urea groups is 1. The van der Waals surface area contributed by atoms with E-state index in [4.69, 9.17) is 17.0 Å². The number of ether oxygens (including phenoxy) is 1. The summed E-state index contributed by atoms with van der Waals surface area (Å²) in [5, 5.41) is 5.58. The Hall–Kier alpha value is -2.84. The van der Waals surface area contributed by atoms with Crippen molar-refractivity contribution in [2.45, 2.75) is 6.42 Å². The summed E-state index contributed by atoms with van der Waals surface area (Å²) in [5.41, 5.74) is 2.67. The number of hydrogen-bond acceptors (Lipinski definition) is 5. The lowest BCUT2D eigenvalue weighted by atomic mass is 10.1. The van der Waals surface area contributed by atoms with Crippen molar-refractivity contribution in [3.8, 4) is 5.75 Å². The summed E-state index contributed by atoms with van der Waals surface area (Å²) in [5.74, 6) is 0.445. The van der Waals surface area contributed by atoms with E-state index in [1.165, 1.54) is 17.3 Å². The maximum absolute atomic E-state index is 12.8. The second-order valence-corrected chi connectivity index (χ2v) is 8.27. The van der Waals surface area contributed by atoms with Crippen LogP contribution in [0.5, 0.6) is 5.75 Å². The van der Waals surface area contributed by atoms with E-state index in [0.717, 1.165) is 12.0 Å². The van der Waals surface area contributed by atoms with Crippen LogP contribution in [0, 0.1) is 0 Å². The first-order chi connectivity index (χ1) is 14.1. The van der Waals surface area contributed by atoms with Crippen LogP contribution in [0.3, 0.4) is 0 Å². The number of nitrogens with one attached hydrogen (secondary N) is 2. The Bertz CT molecular complexity index is 992. The normalized spacial score (nSPS) is 17.0. The van der Waals surface area contributed by atoms with Gasteiger partial charge in [0.1, 0.15) is 16.7 Å². The van der Waals surface area contributed by atoms with Gasteiger partial charge >= 0.3 is 6.03 Å². The first-order valence-corrected chi connectivity index (χ1v) is 10.4. The zero-order chi connectivity index (χ0) is 20.2. The molecule has 0 spiro atoms. The summed E-state index contributed by atoms with van der Waals surface area (Å²) < 4.78 is 6.14. The Kier molecular flexibility index (Phi) is 5.82. The van der Waals surface area contributed by atoms with Crippen molar-refractivity contribution in [2.24, 2.45) is 0 Å².